The van der Waals surface area contributed by atoms with Crippen molar-refractivity contribution >= 4 is 34.9 Å². The van der Waals surface area contributed by atoms with E-state index in [2.05, 4.69) is 5.32 Å². The van der Waals surface area contributed by atoms with Gasteiger partial charge in [0, 0.05) is 47.2 Å². The molecule has 3 aromatic rings. The van der Waals surface area contributed by atoms with E-state index in [1.807, 2.05) is 0 Å². The predicted molar refractivity (Wildman–Crippen MR) is 146 cm³/mol. The third kappa shape index (κ3) is 3.79. The Morgan fingerprint density at radius 3 is 2.00 bits per heavy atom. The Bertz CT molecular complexity index is 1680. The number of carbonyl (C=O) groups excluding carboxylic acids is 3. The number of aliphatic hydroxyl groups is 1. The summed E-state index contributed by atoms with van der Waals surface area (Å²) in [6, 6.07) is 6.47. The lowest BCUT2D eigenvalue weighted by molar-refractivity contribution is -0.140. The molecule has 2 aliphatic heterocycles. The first-order valence-corrected chi connectivity index (χ1v) is 13.3. The number of nitrogen functional groups attached to an aromatic ring is 1. The van der Waals surface area contributed by atoms with E-state index in [1.54, 1.807) is 0 Å². The first-order chi connectivity index (χ1) is 20.0. The Hall–Kier alpha value is -5.10. The van der Waals surface area contributed by atoms with Crippen LogP contribution in [-0.2, 0) is 15.1 Å². The summed E-state index contributed by atoms with van der Waals surface area (Å²) >= 11 is 0. The van der Waals surface area contributed by atoms with E-state index in [1.165, 1.54) is 43.3 Å². The molecule has 0 unspecified atom stereocenters. The molecular formula is C30H26N2O10. The number of carboxylic acids is 1. The standard InChI is InChI=1S/C30H26N2O10/c1-12(33)26(28(38)39)32-27-23-24(21-17(36)4-2-3-5-18(37)22(21)25(27)31)30(42-29(23)40)15-8-6-13(34)10-19(15)41-20-11-14(35)7-9-16(20)30/h6-12,26,32-35H,2-5,31H2,1H3,(H,38,39)/t12-,26+/m1/s1. The third-order valence-corrected chi connectivity index (χ3v) is 7.91. The van der Waals surface area contributed by atoms with Gasteiger partial charge in [-0.25, -0.2) is 9.59 Å². The van der Waals surface area contributed by atoms with Crippen molar-refractivity contribution in [1.82, 2.24) is 0 Å². The molecule has 0 saturated heterocycles. The first kappa shape index (κ1) is 27.1. The van der Waals surface area contributed by atoms with Gasteiger partial charge in [-0.3, -0.25) is 9.59 Å². The van der Waals surface area contributed by atoms with Crippen molar-refractivity contribution in [2.45, 2.75) is 50.4 Å². The smallest absolute Gasteiger partial charge is 0.342 e. The quantitative estimate of drug-likeness (QED) is 0.151. The Kier molecular flexibility index (Phi) is 6.12. The van der Waals surface area contributed by atoms with Gasteiger partial charge >= 0.3 is 11.9 Å². The number of anilines is 2. The van der Waals surface area contributed by atoms with Crippen molar-refractivity contribution < 1.29 is 49.1 Å². The minimum atomic E-state index is -1.93. The highest BCUT2D eigenvalue weighted by Gasteiger charge is 2.58. The van der Waals surface area contributed by atoms with Gasteiger partial charge in [-0.05, 0) is 44.0 Å². The number of rotatable bonds is 4. The number of aliphatic carboxylic acids is 1. The molecule has 3 aliphatic rings. The molecule has 2 heterocycles. The van der Waals surface area contributed by atoms with Gasteiger partial charge in [-0.15, -0.1) is 0 Å². The molecule has 0 radical (unpaired) electrons. The van der Waals surface area contributed by atoms with Crippen molar-refractivity contribution in [3.8, 4) is 23.0 Å². The molecular weight excluding hydrogens is 548 g/mol. The zero-order valence-electron chi connectivity index (χ0n) is 22.3. The molecule has 0 bridgehead atoms. The van der Waals surface area contributed by atoms with Crippen LogP contribution in [0.1, 0.15) is 80.4 Å². The number of benzene rings is 3. The molecule has 216 valence electrons. The molecule has 1 spiro atoms. The summed E-state index contributed by atoms with van der Waals surface area (Å²) in [6.45, 7) is 1.23. The van der Waals surface area contributed by atoms with E-state index < -0.39 is 41.3 Å². The normalized spacial score (nSPS) is 17.9. The van der Waals surface area contributed by atoms with Crippen LogP contribution < -0.4 is 15.8 Å². The first-order valence-electron chi connectivity index (χ1n) is 13.3. The van der Waals surface area contributed by atoms with Gasteiger partial charge in [0.2, 0.25) is 0 Å². The largest absolute Gasteiger partial charge is 0.508 e. The SMILES string of the molecule is C[C@@H](O)[C@H](Nc1c(N)c2c(c3c1C(=O)OC31c3ccc(O)cc3Oc3cc(O)ccc31)C(=O)CCCCC2=O)C(=O)O. The number of fused-ring (bicyclic) bond motifs is 8. The van der Waals surface area contributed by atoms with Crippen molar-refractivity contribution in [2.24, 2.45) is 0 Å². The molecule has 12 nitrogen and oxygen atoms in total. The average molecular weight is 575 g/mol. The number of phenols is 2. The molecule has 0 fully saturated rings. The number of ether oxygens (including phenoxy) is 2. The van der Waals surface area contributed by atoms with Crippen molar-refractivity contribution in [1.29, 1.82) is 0 Å². The number of aromatic hydroxyl groups is 2. The van der Waals surface area contributed by atoms with Gasteiger partial charge in [-0.2, -0.15) is 0 Å². The number of ketones is 2. The van der Waals surface area contributed by atoms with Gasteiger partial charge in [0.1, 0.15) is 23.0 Å². The number of Topliss-reactive ketones (excluding diaryl/α,β-unsaturated/α-hetero) is 2. The Morgan fingerprint density at radius 1 is 0.929 bits per heavy atom. The maximum atomic E-state index is 14.0. The summed E-state index contributed by atoms with van der Waals surface area (Å²) in [5.74, 6) is -3.66. The lowest BCUT2D eigenvalue weighted by Gasteiger charge is -2.38. The number of nitrogens with two attached hydrogens (primary N) is 1. The summed E-state index contributed by atoms with van der Waals surface area (Å²) in [4.78, 5) is 53.5. The van der Waals surface area contributed by atoms with Gasteiger partial charge < -0.3 is 41.0 Å². The van der Waals surface area contributed by atoms with Crippen LogP contribution in [0.3, 0.4) is 0 Å². The molecule has 12 heteroatoms. The Morgan fingerprint density at radius 2 is 1.48 bits per heavy atom. The topological polar surface area (TPSA) is 206 Å². The van der Waals surface area contributed by atoms with E-state index in [0.717, 1.165) is 0 Å². The molecule has 0 aromatic heterocycles. The van der Waals surface area contributed by atoms with E-state index in [-0.39, 0.29) is 80.6 Å². The highest BCUT2D eigenvalue weighted by molar-refractivity contribution is 6.20. The fourth-order valence-electron chi connectivity index (χ4n) is 6.07. The summed E-state index contributed by atoms with van der Waals surface area (Å²) in [5.41, 5.74) is 3.77. The van der Waals surface area contributed by atoms with Crippen LogP contribution in [0.2, 0.25) is 0 Å². The van der Waals surface area contributed by atoms with Crippen LogP contribution in [0.4, 0.5) is 11.4 Å². The number of hydrogen-bond acceptors (Lipinski definition) is 11. The molecule has 7 N–H and O–H groups in total. The monoisotopic (exact) mass is 574 g/mol. The fourth-order valence-corrected chi connectivity index (χ4v) is 6.07. The summed E-state index contributed by atoms with van der Waals surface area (Å²) in [5, 5.41) is 43.2. The molecule has 0 saturated carbocycles. The minimum Gasteiger partial charge on any atom is -0.508 e. The number of carbonyl (C=O) groups is 4. The van der Waals surface area contributed by atoms with E-state index in [4.69, 9.17) is 15.2 Å². The molecule has 6 rings (SSSR count). The van der Waals surface area contributed by atoms with Crippen molar-refractivity contribution in [3.63, 3.8) is 0 Å². The average Bonchev–Trinajstić information content (AvgIpc) is 3.20. The van der Waals surface area contributed by atoms with E-state index in [0.29, 0.717) is 12.8 Å². The van der Waals surface area contributed by atoms with Gasteiger partial charge in [0.15, 0.2) is 23.2 Å². The second kappa shape index (κ2) is 9.48. The van der Waals surface area contributed by atoms with Gasteiger partial charge in [0.25, 0.3) is 0 Å². The van der Waals surface area contributed by atoms with Gasteiger partial charge in [0.05, 0.1) is 28.6 Å². The summed E-state index contributed by atoms with van der Waals surface area (Å²) in [7, 11) is 0. The second-order valence-electron chi connectivity index (χ2n) is 10.6. The fraction of sp³-hybridized carbons (Fsp3) is 0.267. The van der Waals surface area contributed by atoms with E-state index in [9.17, 15) is 39.6 Å². The number of phenolic OH excluding ortho intramolecular Hbond substituents is 2. The van der Waals surface area contributed by atoms with Crippen LogP contribution in [0.25, 0.3) is 0 Å². The second-order valence-corrected chi connectivity index (χ2v) is 10.6. The Labute approximate surface area is 238 Å². The van der Waals surface area contributed by atoms with Crippen LogP contribution in [0, 0.1) is 0 Å². The predicted octanol–water partition coefficient (Wildman–Crippen LogP) is 3.43. The van der Waals surface area contributed by atoms with Crippen LogP contribution in [0.15, 0.2) is 36.4 Å². The zero-order chi connectivity index (χ0) is 30.1. The van der Waals surface area contributed by atoms with Crippen molar-refractivity contribution in [2.75, 3.05) is 11.1 Å². The van der Waals surface area contributed by atoms with Gasteiger partial charge in [-0.1, -0.05) is 0 Å². The van der Waals surface area contributed by atoms with Crippen LogP contribution in [0.5, 0.6) is 23.0 Å². The van der Waals surface area contributed by atoms with Crippen LogP contribution >= 0.6 is 0 Å². The lowest BCUT2D eigenvalue weighted by atomic mass is 9.72. The summed E-state index contributed by atoms with van der Waals surface area (Å²) < 4.78 is 12.1. The minimum absolute atomic E-state index is 0.0377. The van der Waals surface area contributed by atoms with E-state index >= 15 is 0 Å². The number of carboxylic acid groups (broad SMARTS) is 1. The number of hydrogen-bond donors (Lipinski definition) is 6. The lowest BCUT2D eigenvalue weighted by Crippen LogP contribution is -2.40. The number of aliphatic hydroxyl groups excluding tert-OH is 1. The highest BCUT2D eigenvalue weighted by atomic mass is 16.6. The molecule has 3 aromatic carbocycles. The number of esters is 1. The maximum absolute atomic E-state index is 14.0. The highest BCUT2D eigenvalue weighted by Crippen LogP contribution is 2.60. The summed E-state index contributed by atoms with van der Waals surface area (Å²) in [6.07, 6.45) is -0.564. The third-order valence-electron chi connectivity index (χ3n) is 7.91. The van der Waals surface area contributed by atoms with Crippen LogP contribution in [-0.4, -0.2) is 56.1 Å². The molecule has 42 heavy (non-hydrogen) atoms. The maximum Gasteiger partial charge on any atom is 0.342 e. The van der Waals surface area contributed by atoms with Crippen molar-refractivity contribution in [3.05, 3.63) is 69.8 Å². The molecule has 2 atom stereocenters. The Balaban J connectivity index is 1.80. The zero-order valence-corrected chi connectivity index (χ0v) is 22.3. The number of nitrogens with one attached hydrogen (secondary N) is 1. The molecule has 1 aliphatic carbocycles. The molecule has 0 amide bonds.